The van der Waals surface area contributed by atoms with Crippen LogP contribution in [0.25, 0.3) is 0 Å². The summed E-state index contributed by atoms with van der Waals surface area (Å²) in [7, 11) is 0. The fourth-order valence-electron chi connectivity index (χ4n) is 3.98. The third-order valence-electron chi connectivity index (χ3n) is 5.39. The number of amides is 2. The highest BCUT2D eigenvalue weighted by Crippen LogP contribution is 2.26. The smallest absolute Gasteiger partial charge is 0.274 e. The lowest BCUT2D eigenvalue weighted by Crippen LogP contribution is -2.41. The zero-order valence-corrected chi connectivity index (χ0v) is 15.5. The molecule has 142 valence electrons. The first-order valence-electron chi connectivity index (χ1n) is 9.54. The number of nitrogens with one attached hydrogen (secondary N) is 1. The molecule has 2 aromatic rings. The molecule has 0 spiro atoms. The molecule has 1 aliphatic heterocycles. The van der Waals surface area contributed by atoms with Gasteiger partial charge in [-0.25, -0.2) is 9.97 Å². The van der Waals surface area contributed by atoms with Gasteiger partial charge < -0.3 is 14.8 Å². The normalized spacial score (nSPS) is 19.7. The second-order valence-electron chi connectivity index (χ2n) is 7.27. The second kappa shape index (κ2) is 7.46. The van der Waals surface area contributed by atoms with Gasteiger partial charge in [0, 0.05) is 37.7 Å². The Hall–Kier alpha value is -2.77. The average molecular weight is 368 g/mol. The molecule has 3 heterocycles. The van der Waals surface area contributed by atoms with Gasteiger partial charge in [0.25, 0.3) is 5.91 Å². The van der Waals surface area contributed by atoms with Crippen LogP contribution in [0.1, 0.15) is 60.7 Å². The van der Waals surface area contributed by atoms with Crippen molar-refractivity contribution >= 4 is 11.8 Å². The molecule has 8 nitrogen and oxygen atoms in total. The summed E-state index contributed by atoms with van der Waals surface area (Å²) in [6, 6.07) is 0.133. The van der Waals surface area contributed by atoms with Crippen molar-refractivity contribution in [3.05, 3.63) is 42.0 Å². The fourth-order valence-corrected chi connectivity index (χ4v) is 3.98. The summed E-state index contributed by atoms with van der Waals surface area (Å²) < 4.78 is 2.04. The van der Waals surface area contributed by atoms with Crippen molar-refractivity contribution in [2.24, 2.45) is 0 Å². The summed E-state index contributed by atoms with van der Waals surface area (Å²) in [4.78, 5) is 39.5. The van der Waals surface area contributed by atoms with E-state index in [4.69, 9.17) is 0 Å². The molecule has 27 heavy (non-hydrogen) atoms. The van der Waals surface area contributed by atoms with Gasteiger partial charge >= 0.3 is 0 Å². The van der Waals surface area contributed by atoms with Crippen molar-refractivity contribution in [2.45, 2.75) is 57.7 Å². The van der Waals surface area contributed by atoms with Gasteiger partial charge in [-0.15, -0.1) is 0 Å². The lowest BCUT2D eigenvalue weighted by atomic mass is 10.2. The standard InChI is InChI=1S/C19H24N6O2/c1-13-18-23-15(10-17(26)22-14-4-2-3-5-14)12-24(18)8-9-25(13)19(27)16-11-20-6-7-21-16/h6-7,11-14H,2-5,8-10H2,1H3,(H,22,26)/t13-/m0/s1. The maximum Gasteiger partial charge on any atom is 0.274 e. The summed E-state index contributed by atoms with van der Waals surface area (Å²) in [5.41, 5.74) is 1.08. The lowest BCUT2D eigenvalue weighted by Gasteiger charge is -2.33. The Balaban J connectivity index is 1.44. The van der Waals surface area contributed by atoms with Crippen molar-refractivity contribution in [1.29, 1.82) is 0 Å². The Labute approximate surface area is 158 Å². The van der Waals surface area contributed by atoms with Gasteiger partial charge in [0.1, 0.15) is 11.5 Å². The molecule has 2 amide bonds. The minimum absolute atomic E-state index is 0.0255. The SMILES string of the molecule is C[C@H]1c2nc(CC(=O)NC3CCCC3)cn2CCN1C(=O)c1cnccn1. The first-order valence-corrected chi connectivity index (χ1v) is 9.54. The van der Waals surface area contributed by atoms with E-state index in [1.807, 2.05) is 17.7 Å². The molecular formula is C19H24N6O2. The average Bonchev–Trinajstić information content (AvgIpc) is 3.32. The van der Waals surface area contributed by atoms with Gasteiger partial charge in [-0.2, -0.15) is 0 Å². The second-order valence-corrected chi connectivity index (χ2v) is 7.27. The van der Waals surface area contributed by atoms with Gasteiger partial charge in [0.2, 0.25) is 5.91 Å². The van der Waals surface area contributed by atoms with E-state index in [-0.39, 0.29) is 24.3 Å². The molecule has 1 atom stereocenters. The van der Waals surface area contributed by atoms with Crippen LogP contribution in [0.5, 0.6) is 0 Å². The number of carbonyl (C=O) groups excluding carboxylic acids is 2. The zero-order valence-electron chi connectivity index (χ0n) is 15.5. The molecule has 2 aromatic heterocycles. The van der Waals surface area contributed by atoms with Crippen LogP contribution in [-0.2, 0) is 17.8 Å². The van der Waals surface area contributed by atoms with E-state index in [1.54, 1.807) is 11.1 Å². The topological polar surface area (TPSA) is 93.0 Å². The first-order chi connectivity index (χ1) is 13.1. The Kier molecular flexibility index (Phi) is 4.87. The Morgan fingerprint density at radius 3 is 2.78 bits per heavy atom. The van der Waals surface area contributed by atoms with E-state index < -0.39 is 0 Å². The van der Waals surface area contributed by atoms with Gasteiger partial charge in [0.05, 0.1) is 24.4 Å². The molecule has 8 heteroatoms. The van der Waals surface area contributed by atoms with Crippen molar-refractivity contribution in [1.82, 2.24) is 29.7 Å². The van der Waals surface area contributed by atoms with E-state index in [0.717, 1.165) is 24.4 Å². The maximum absolute atomic E-state index is 12.7. The van der Waals surface area contributed by atoms with Crippen LogP contribution < -0.4 is 5.32 Å². The minimum atomic E-state index is -0.181. The predicted octanol–water partition coefficient (Wildman–Crippen LogP) is 1.49. The number of carbonyl (C=O) groups is 2. The number of hydrogen-bond acceptors (Lipinski definition) is 5. The molecule has 1 aliphatic carbocycles. The number of imidazole rings is 1. The number of nitrogens with zero attached hydrogens (tertiary/aromatic N) is 5. The van der Waals surface area contributed by atoms with Crippen LogP contribution in [-0.4, -0.2) is 48.8 Å². The molecule has 0 saturated heterocycles. The van der Waals surface area contributed by atoms with Crippen molar-refractivity contribution < 1.29 is 9.59 Å². The van der Waals surface area contributed by atoms with E-state index in [0.29, 0.717) is 24.8 Å². The highest BCUT2D eigenvalue weighted by Gasteiger charge is 2.31. The van der Waals surface area contributed by atoms with E-state index >= 15 is 0 Å². The predicted molar refractivity (Wildman–Crippen MR) is 97.8 cm³/mol. The third-order valence-corrected chi connectivity index (χ3v) is 5.39. The van der Waals surface area contributed by atoms with E-state index in [1.165, 1.54) is 25.2 Å². The molecule has 0 aromatic carbocycles. The molecule has 0 radical (unpaired) electrons. The molecule has 4 rings (SSSR count). The lowest BCUT2D eigenvalue weighted by molar-refractivity contribution is -0.121. The highest BCUT2D eigenvalue weighted by molar-refractivity contribution is 5.92. The Morgan fingerprint density at radius 2 is 2.04 bits per heavy atom. The van der Waals surface area contributed by atoms with Crippen LogP contribution in [0.15, 0.2) is 24.8 Å². The molecular weight excluding hydrogens is 344 g/mol. The van der Waals surface area contributed by atoms with Crippen LogP contribution in [0.2, 0.25) is 0 Å². The van der Waals surface area contributed by atoms with E-state index in [2.05, 4.69) is 20.3 Å². The third kappa shape index (κ3) is 3.70. The summed E-state index contributed by atoms with van der Waals surface area (Å²) in [5, 5.41) is 3.10. The van der Waals surface area contributed by atoms with Crippen molar-refractivity contribution in [3.63, 3.8) is 0 Å². The molecule has 1 saturated carbocycles. The number of rotatable bonds is 4. The minimum Gasteiger partial charge on any atom is -0.353 e. The van der Waals surface area contributed by atoms with Crippen LogP contribution in [0.4, 0.5) is 0 Å². The summed E-state index contributed by atoms with van der Waals surface area (Å²) in [6.45, 7) is 3.19. The summed E-state index contributed by atoms with van der Waals surface area (Å²) >= 11 is 0. The van der Waals surface area contributed by atoms with Gasteiger partial charge in [-0.1, -0.05) is 12.8 Å². The van der Waals surface area contributed by atoms with Crippen LogP contribution in [0, 0.1) is 0 Å². The number of fused-ring (bicyclic) bond motifs is 1. The highest BCUT2D eigenvalue weighted by atomic mass is 16.2. The van der Waals surface area contributed by atoms with E-state index in [9.17, 15) is 9.59 Å². The fraction of sp³-hybridized carbons (Fsp3) is 0.526. The van der Waals surface area contributed by atoms with Gasteiger partial charge in [0.15, 0.2) is 0 Å². The van der Waals surface area contributed by atoms with Gasteiger partial charge in [-0.3, -0.25) is 14.6 Å². The van der Waals surface area contributed by atoms with Crippen molar-refractivity contribution in [3.8, 4) is 0 Å². The monoisotopic (exact) mass is 368 g/mol. The molecule has 0 bridgehead atoms. The Bertz CT molecular complexity index is 828. The summed E-state index contributed by atoms with van der Waals surface area (Å²) in [5.74, 6) is 0.685. The molecule has 1 fully saturated rings. The number of hydrogen-bond donors (Lipinski definition) is 1. The molecule has 1 N–H and O–H groups in total. The number of aromatic nitrogens is 4. The van der Waals surface area contributed by atoms with Gasteiger partial charge in [-0.05, 0) is 19.8 Å². The first kappa shape index (κ1) is 17.6. The largest absolute Gasteiger partial charge is 0.353 e. The zero-order chi connectivity index (χ0) is 18.8. The quantitative estimate of drug-likeness (QED) is 0.883. The maximum atomic E-state index is 12.7. The Morgan fingerprint density at radius 1 is 1.22 bits per heavy atom. The van der Waals surface area contributed by atoms with Crippen molar-refractivity contribution in [2.75, 3.05) is 6.54 Å². The molecule has 2 aliphatic rings. The van der Waals surface area contributed by atoms with Crippen LogP contribution in [0.3, 0.4) is 0 Å². The summed E-state index contributed by atoms with van der Waals surface area (Å²) in [6.07, 6.45) is 11.3. The van der Waals surface area contributed by atoms with Crippen LogP contribution >= 0.6 is 0 Å². The molecule has 0 unspecified atom stereocenters.